The van der Waals surface area contributed by atoms with Gasteiger partial charge in [0.2, 0.25) is 0 Å². The zero-order chi connectivity index (χ0) is 12.3. The molecule has 1 aromatic rings. The number of aryl methyl sites for hydroxylation is 1. The van der Waals surface area contributed by atoms with Crippen molar-refractivity contribution in [2.24, 2.45) is 5.92 Å². The van der Waals surface area contributed by atoms with Crippen LogP contribution in [-0.4, -0.2) is 17.8 Å². The van der Waals surface area contributed by atoms with Crippen LogP contribution in [0.15, 0.2) is 22.7 Å². The van der Waals surface area contributed by atoms with Gasteiger partial charge in [0, 0.05) is 23.7 Å². The fraction of sp³-hybridized carbons (Fsp3) is 0.571. The lowest BCUT2D eigenvalue weighted by Crippen LogP contribution is -2.33. The number of rotatable bonds is 4. The topological polar surface area (TPSA) is 32.3 Å². The average Bonchev–Trinajstić information content (AvgIpc) is 2.75. The maximum Gasteiger partial charge on any atom is 0.0474 e. The summed E-state index contributed by atoms with van der Waals surface area (Å²) in [7, 11) is 0. The molecular weight excluding hydrogens is 278 g/mol. The third kappa shape index (κ3) is 3.30. The molecule has 0 aliphatic heterocycles. The summed E-state index contributed by atoms with van der Waals surface area (Å²) in [5.41, 5.74) is 2.56. The van der Waals surface area contributed by atoms with Crippen molar-refractivity contribution in [3.63, 3.8) is 0 Å². The van der Waals surface area contributed by atoms with Crippen LogP contribution in [0.2, 0.25) is 0 Å². The van der Waals surface area contributed by atoms with Crippen LogP contribution >= 0.6 is 15.9 Å². The van der Waals surface area contributed by atoms with E-state index in [0.29, 0.717) is 18.6 Å². The van der Waals surface area contributed by atoms with Crippen molar-refractivity contribution in [2.75, 3.05) is 6.61 Å². The monoisotopic (exact) mass is 297 g/mol. The number of hydrogen-bond acceptors (Lipinski definition) is 2. The summed E-state index contributed by atoms with van der Waals surface area (Å²) >= 11 is 3.60. The lowest BCUT2D eigenvalue weighted by Gasteiger charge is -2.19. The number of aliphatic hydroxyl groups excluding tert-OH is 1. The van der Waals surface area contributed by atoms with E-state index in [0.717, 1.165) is 13.0 Å². The summed E-state index contributed by atoms with van der Waals surface area (Å²) in [6, 6.07) is 6.93. The molecule has 1 aromatic carbocycles. The van der Waals surface area contributed by atoms with Crippen LogP contribution in [0.4, 0.5) is 0 Å². The Bertz CT molecular complexity index is 380. The molecule has 0 aromatic heterocycles. The second-order valence-corrected chi connectivity index (χ2v) is 5.81. The van der Waals surface area contributed by atoms with Crippen LogP contribution in [0.5, 0.6) is 0 Å². The fourth-order valence-electron chi connectivity index (χ4n) is 2.56. The maximum atomic E-state index is 9.28. The van der Waals surface area contributed by atoms with Gasteiger partial charge in [0.05, 0.1) is 0 Å². The van der Waals surface area contributed by atoms with Gasteiger partial charge in [0.15, 0.2) is 0 Å². The largest absolute Gasteiger partial charge is 0.396 e. The van der Waals surface area contributed by atoms with E-state index < -0.39 is 0 Å². The van der Waals surface area contributed by atoms with E-state index in [4.69, 9.17) is 0 Å². The van der Waals surface area contributed by atoms with Crippen molar-refractivity contribution in [3.05, 3.63) is 33.8 Å². The quantitative estimate of drug-likeness (QED) is 0.895. The average molecular weight is 298 g/mol. The normalized spacial score (nSPS) is 24.2. The molecule has 3 heteroatoms. The van der Waals surface area contributed by atoms with Crippen molar-refractivity contribution in [2.45, 2.75) is 38.8 Å². The fourth-order valence-corrected chi connectivity index (χ4v) is 3.19. The Hall–Kier alpha value is -0.380. The summed E-state index contributed by atoms with van der Waals surface area (Å²) in [6.07, 6.45) is 3.58. The predicted octanol–water partition coefficient (Wildman–Crippen LogP) is 3.01. The minimum absolute atomic E-state index is 0.312. The Kier molecular flexibility index (Phi) is 4.60. The van der Waals surface area contributed by atoms with Gasteiger partial charge in [-0.3, -0.25) is 0 Å². The number of nitrogens with one attached hydrogen (secondary N) is 1. The highest BCUT2D eigenvalue weighted by Crippen LogP contribution is 2.26. The Morgan fingerprint density at radius 1 is 1.41 bits per heavy atom. The molecule has 1 aliphatic carbocycles. The van der Waals surface area contributed by atoms with Gasteiger partial charge in [-0.1, -0.05) is 34.5 Å². The zero-order valence-corrected chi connectivity index (χ0v) is 11.8. The van der Waals surface area contributed by atoms with E-state index in [9.17, 15) is 5.11 Å². The van der Waals surface area contributed by atoms with Crippen molar-refractivity contribution in [3.8, 4) is 0 Å². The van der Waals surface area contributed by atoms with Crippen LogP contribution in [0.1, 0.15) is 30.4 Å². The molecule has 1 aliphatic rings. The van der Waals surface area contributed by atoms with Gasteiger partial charge in [0.25, 0.3) is 0 Å². The van der Waals surface area contributed by atoms with E-state index in [1.54, 1.807) is 0 Å². The smallest absolute Gasteiger partial charge is 0.0474 e. The molecule has 1 fully saturated rings. The first-order valence-corrected chi connectivity index (χ1v) is 7.09. The van der Waals surface area contributed by atoms with Crippen LogP contribution in [0.3, 0.4) is 0 Å². The van der Waals surface area contributed by atoms with Gasteiger partial charge >= 0.3 is 0 Å². The second-order valence-electron chi connectivity index (χ2n) is 4.96. The van der Waals surface area contributed by atoms with Gasteiger partial charge in [-0.2, -0.15) is 0 Å². The molecular formula is C14H20BrNO. The molecule has 0 heterocycles. The van der Waals surface area contributed by atoms with E-state index >= 15 is 0 Å². The summed E-state index contributed by atoms with van der Waals surface area (Å²) in [5.74, 6) is 0.444. The van der Waals surface area contributed by atoms with E-state index in [1.165, 1.54) is 28.4 Å². The number of aliphatic hydroxyl groups is 1. The first-order chi connectivity index (χ1) is 8.20. The minimum Gasteiger partial charge on any atom is -0.396 e. The Morgan fingerprint density at radius 3 is 2.94 bits per heavy atom. The van der Waals surface area contributed by atoms with Crippen LogP contribution in [-0.2, 0) is 6.54 Å². The Balaban J connectivity index is 1.93. The highest BCUT2D eigenvalue weighted by Gasteiger charge is 2.25. The number of benzene rings is 1. The lowest BCUT2D eigenvalue weighted by atomic mass is 10.0. The molecule has 1 saturated carbocycles. The summed E-state index contributed by atoms with van der Waals surface area (Å²) in [4.78, 5) is 0. The van der Waals surface area contributed by atoms with Crippen molar-refractivity contribution in [1.82, 2.24) is 5.32 Å². The summed E-state index contributed by atoms with van der Waals surface area (Å²) in [5, 5.41) is 12.8. The molecule has 0 radical (unpaired) electrons. The molecule has 2 unspecified atom stereocenters. The molecule has 0 spiro atoms. The molecule has 0 amide bonds. The van der Waals surface area contributed by atoms with Gasteiger partial charge in [-0.05, 0) is 42.9 Å². The van der Waals surface area contributed by atoms with E-state index in [-0.39, 0.29) is 0 Å². The Labute approximate surface area is 112 Å². The molecule has 0 bridgehead atoms. The molecule has 2 atom stereocenters. The SMILES string of the molecule is Cc1ccc(CNC2CCCC2CO)c(Br)c1. The van der Waals surface area contributed by atoms with Gasteiger partial charge in [-0.25, -0.2) is 0 Å². The summed E-state index contributed by atoms with van der Waals surface area (Å²) < 4.78 is 1.17. The third-order valence-electron chi connectivity index (χ3n) is 3.66. The maximum absolute atomic E-state index is 9.28. The van der Waals surface area contributed by atoms with E-state index in [2.05, 4.69) is 46.4 Å². The number of halogens is 1. The highest BCUT2D eigenvalue weighted by molar-refractivity contribution is 9.10. The molecule has 94 valence electrons. The molecule has 2 nitrogen and oxygen atoms in total. The molecule has 2 N–H and O–H groups in total. The molecule has 2 rings (SSSR count). The van der Waals surface area contributed by atoms with Gasteiger partial charge in [-0.15, -0.1) is 0 Å². The van der Waals surface area contributed by atoms with Crippen LogP contribution in [0.25, 0.3) is 0 Å². The standard InChI is InChI=1S/C14H20BrNO/c1-10-5-6-11(13(15)7-10)8-16-14-4-2-3-12(14)9-17/h5-7,12,14,16-17H,2-4,8-9H2,1H3. The first kappa shape index (κ1) is 13.1. The zero-order valence-electron chi connectivity index (χ0n) is 10.2. The minimum atomic E-state index is 0.312. The number of hydrogen-bond donors (Lipinski definition) is 2. The van der Waals surface area contributed by atoms with Crippen molar-refractivity contribution >= 4 is 15.9 Å². The van der Waals surface area contributed by atoms with Crippen molar-refractivity contribution in [1.29, 1.82) is 0 Å². The van der Waals surface area contributed by atoms with Gasteiger partial charge < -0.3 is 10.4 Å². The van der Waals surface area contributed by atoms with E-state index in [1.807, 2.05) is 0 Å². The van der Waals surface area contributed by atoms with Gasteiger partial charge in [0.1, 0.15) is 0 Å². The summed E-state index contributed by atoms with van der Waals surface area (Å²) in [6.45, 7) is 3.29. The predicted molar refractivity (Wildman–Crippen MR) is 73.9 cm³/mol. The molecule has 0 saturated heterocycles. The molecule has 17 heavy (non-hydrogen) atoms. The second kappa shape index (κ2) is 5.98. The first-order valence-electron chi connectivity index (χ1n) is 6.30. The van der Waals surface area contributed by atoms with Crippen LogP contribution < -0.4 is 5.32 Å². The van der Waals surface area contributed by atoms with Crippen LogP contribution in [0, 0.1) is 12.8 Å². The van der Waals surface area contributed by atoms with Crippen molar-refractivity contribution < 1.29 is 5.11 Å². The highest BCUT2D eigenvalue weighted by atomic mass is 79.9. The third-order valence-corrected chi connectivity index (χ3v) is 4.40. The Morgan fingerprint density at radius 2 is 2.24 bits per heavy atom. The lowest BCUT2D eigenvalue weighted by molar-refractivity contribution is 0.205.